The van der Waals surface area contributed by atoms with Crippen LogP contribution in [0.1, 0.15) is 30.4 Å². The van der Waals surface area contributed by atoms with Crippen LogP contribution in [0.25, 0.3) is 0 Å². The van der Waals surface area contributed by atoms with Gasteiger partial charge in [0.25, 0.3) is 0 Å². The smallest absolute Gasteiger partial charge is 0.336 e. The van der Waals surface area contributed by atoms with E-state index in [1.807, 2.05) is 61.3 Å². The molecule has 140 valence electrons. The van der Waals surface area contributed by atoms with Crippen molar-refractivity contribution in [2.24, 2.45) is 0 Å². The first kappa shape index (κ1) is 17.5. The van der Waals surface area contributed by atoms with Crippen LogP contribution in [0.15, 0.2) is 54.2 Å². The molecule has 2 aromatic carbocycles. The molecule has 0 bridgehead atoms. The van der Waals surface area contributed by atoms with Crippen molar-refractivity contribution in [1.82, 2.24) is 0 Å². The van der Waals surface area contributed by atoms with Gasteiger partial charge in [0.15, 0.2) is 6.23 Å². The maximum atomic E-state index is 12.8. The Hall–Kier alpha value is -2.95. The van der Waals surface area contributed by atoms with Crippen LogP contribution < -0.4 is 14.4 Å². The van der Waals surface area contributed by atoms with E-state index in [1.165, 1.54) is 0 Å². The van der Waals surface area contributed by atoms with Gasteiger partial charge in [0.1, 0.15) is 11.5 Å². The molecule has 0 aliphatic carbocycles. The van der Waals surface area contributed by atoms with Crippen LogP contribution >= 0.6 is 0 Å². The number of anilines is 1. The molecule has 2 heterocycles. The molecule has 27 heavy (non-hydrogen) atoms. The van der Waals surface area contributed by atoms with Gasteiger partial charge in [-0.1, -0.05) is 24.3 Å². The van der Waals surface area contributed by atoms with E-state index < -0.39 is 0 Å². The first-order valence-electron chi connectivity index (χ1n) is 9.19. The van der Waals surface area contributed by atoms with Gasteiger partial charge in [0, 0.05) is 24.1 Å². The average Bonchev–Trinajstić information content (AvgIpc) is 3.04. The molecule has 0 N–H and O–H groups in total. The molecule has 2 aromatic rings. The van der Waals surface area contributed by atoms with Crippen molar-refractivity contribution < 1.29 is 19.0 Å². The van der Waals surface area contributed by atoms with Gasteiger partial charge in [-0.25, -0.2) is 4.79 Å². The minimum Gasteiger partial charge on any atom is -0.496 e. The fraction of sp³-hybridized carbons (Fsp3) is 0.318. The average molecular weight is 365 g/mol. The van der Waals surface area contributed by atoms with E-state index >= 15 is 0 Å². The first-order valence-corrected chi connectivity index (χ1v) is 9.19. The van der Waals surface area contributed by atoms with Crippen molar-refractivity contribution in [1.29, 1.82) is 0 Å². The van der Waals surface area contributed by atoms with E-state index in [2.05, 4.69) is 6.07 Å². The number of aryl methyl sites for hydroxylation is 1. The summed E-state index contributed by atoms with van der Waals surface area (Å²) in [6.45, 7) is 4.20. The highest BCUT2D eigenvalue weighted by Gasteiger charge is 2.41. The molecule has 0 saturated heterocycles. The predicted molar refractivity (Wildman–Crippen MR) is 103 cm³/mol. The number of nitrogens with zero attached hydrogens (tertiary/aromatic N) is 1. The third-order valence-electron chi connectivity index (χ3n) is 5.08. The molecule has 0 spiro atoms. The SMILES string of the molecule is CCOC(=O)C1=CN2c3cc(C)ccc3OC2C[C@H]1c1ccccc1OC. The largest absolute Gasteiger partial charge is 0.496 e. The van der Waals surface area contributed by atoms with Gasteiger partial charge in [-0.2, -0.15) is 0 Å². The lowest BCUT2D eigenvalue weighted by molar-refractivity contribution is -0.139. The van der Waals surface area contributed by atoms with E-state index in [1.54, 1.807) is 7.11 Å². The number of fused-ring (bicyclic) bond motifs is 3. The van der Waals surface area contributed by atoms with Gasteiger partial charge < -0.3 is 19.1 Å². The molecule has 0 radical (unpaired) electrons. The molecule has 2 aliphatic heterocycles. The molecule has 5 heteroatoms. The van der Waals surface area contributed by atoms with Crippen molar-refractivity contribution in [2.45, 2.75) is 32.4 Å². The predicted octanol–water partition coefficient (Wildman–Crippen LogP) is 4.16. The molecule has 0 aromatic heterocycles. The molecule has 4 rings (SSSR count). The van der Waals surface area contributed by atoms with Crippen LogP contribution in [-0.2, 0) is 9.53 Å². The standard InChI is InChI=1S/C22H23NO4/c1-4-26-22(24)17-13-23-18-11-14(2)9-10-20(18)27-21(23)12-16(17)15-7-5-6-8-19(15)25-3/h5-11,13,16,21H,4,12H2,1-3H3/t16-,21?/m0/s1. The van der Waals surface area contributed by atoms with E-state index in [0.717, 1.165) is 28.3 Å². The van der Waals surface area contributed by atoms with Crippen molar-refractivity contribution in [3.05, 3.63) is 65.4 Å². The number of hydrogen-bond donors (Lipinski definition) is 0. The van der Waals surface area contributed by atoms with Crippen LogP contribution in [0.4, 0.5) is 5.69 Å². The monoisotopic (exact) mass is 365 g/mol. The number of esters is 1. The number of carbonyl (C=O) groups excluding carboxylic acids is 1. The summed E-state index contributed by atoms with van der Waals surface area (Å²) in [4.78, 5) is 14.8. The van der Waals surface area contributed by atoms with Crippen molar-refractivity contribution >= 4 is 11.7 Å². The summed E-state index contributed by atoms with van der Waals surface area (Å²) in [5, 5.41) is 0. The van der Waals surface area contributed by atoms with Gasteiger partial charge in [0.05, 0.1) is 25.0 Å². The minimum absolute atomic E-state index is 0.156. The van der Waals surface area contributed by atoms with Crippen LogP contribution in [0.3, 0.4) is 0 Å². The van der Waals surface area contributed by atoms with Gasteiger partial charge in [-0.05, 0) is 37.6 Å². The summed E-state index contributed by atoms with van der Waals surface area (Å²) in [7, 11) is 1.65. The lowest BCUT2D eigenvalue weighted by atomic mass is 9.85. The molecular weight excluding hydrogens is 342 g/mol. The highest BCUT2D eigenvalue weighted by Crippen LogP contribution is 2.47. The van der Waals surface area contributed by atoms with Crippen LogP contribution in [0.5, 0.6) is 11.5 Å². The van der Waals surface area contributed by atoms with E-state index in [9.17, 15) is 4.79 Å². The molecular formula is C22H23NO4. The molecule has 0 amide bonds. The fourth-order valence-corrected chi connectivity index (χ4v) is 3.83. The zero-order valence-corrected chi connectivity index (χ0v) is 15.8. The number of carbonyl (C=O) groups is 1. The first-order chi connectivity index (χ1) is 13.1. The van der Waals surface area contributed by atoms with Gasteiger partial charge in [-0.3, -0.25) is 0 Å². The molecule has 2 atom stereocenters. The Kier molecular flexibility index (Phi) is 4.52. The topological polar surface area (TPSA) is 48.0 Å². The number of rotatable bonds is 4. The Bertz CT molecular complexity index is 905. The Morgan fingerprint density at radius 1 is 1.26 bits per heavy atom. The molecule has 2 aliphatic rings. The second-order valence-corrected chi connectivity index (χ2v) is 6.79. The zero-order chi connectivity index (χ0) is 19.0. The second-order valence-electron chi connectivity index (χ2n) is 6.79. The Morgan fingerprint density at radius 3 is 2.85 bits per heavy atom. The third kappa shape index (κ3) is 3.03. The Balaban J connectivity index is 1.79. The van der Waals surface area contributed by atoms with Crippen LogP contribution in [0.2, 0.25) is 0 Å². The van der Waals surface area contributed by atoms with Crippen LogP contribution in [-0.4, -0.2) is 25.9 Å². The second kappa shape index (κ2) is 6.99. The molecule has 1 unspecified atom stereocenters. The number of methoxy groups -OCH3 is 1. The summed E-state index contributed by atoms with van der Waals surface area (Å²) in [5.41, 5.74) is 3.72. The molecule has 0 fully saturated rings. The number of para-hydroxylation sites is 1. The summed E-state index contributed by atoms with van der Waals surface area (Å²) in [6.07, 6.45) is 2.36. The summed E-state index contributed by atoms with van der Waals surface area (Å²) >= 11 is 0. The number of benzene rings is 2. The quantitative estimate of drug-likeness (QED) is 0.762. The van der Waals surface area contributed by atoms with Gasteiger partial charge in [-0.15, -0.1) is 0 Å². The number of hydrogen-bond acceptors (Lipinski definition) is 5. The third-order valence-corrected chi connectivity index (χ3v) is 5.08. The Labute approximate surface area is 159 Å². The summed E-state index contributed by atoms with van der Waals surface area (Å²) in [5.74, 6) is 1.15. The van der Waals surface area contributed by atoms with Gasteiger partial charge >= 0.3 is 5.97 Å². The lowest BCUT2D eigenvalue weighted by Gasteiger charge is -2.33. The maximum Gasteiger partial charge on any atom is 0.336 e. The van der Waals surface area contributed by atoms with Crippen molar-refractivity contribution in [2.75, 3.05) is 18.6 Å². The highest BCUT2D eigenvalue weighted by atomic mass is 16.5. The van der Waals surface area contributed by atoms with E-state index in [-0.39, 0.29) is 18.1 Å². The molecule has 5 nitrogen and oxygen atoms in total. The van der Waals surface area contributed by atoms with Crippen molar-refractivity contribution in [3.8, 4) is 11.5 Å². The lowest BCUT2D eigenvalue weighted by Crippen LogP contribution is -2.38. The highest BCUT2D eigenvalue weighted by molar-refractivity contribution is 5.92. The number of ether oxygens (including phenoxy) is 3. The normalized spacial score (nSPS) is 20.3. The van der Waals surface area contributed by atoms with E-state index in [4.69, 9.17) is 14.2 Å². The van der Waals surface area contributed by atoms with Crippen LogP contribution in [0, 0.1) is 6.92 Å². The maximum absolute atomic E-state index is 12.8. The summed E-state index contributed by atoms with van der Waals surface area (Å²) in [6, 6.07) is 13.9. The zero-order valence-electron chi connectivity index (χ0n) is 15.8. The van der Waals surface area contributed by atoms with E-state index in [0.29, 0.717) is 18.6 Å². The fourth-order valence-electron chi connectivity index (χ4n) is 3.83. The molecule has 0 saturated carbocycles. The Morgan fingerprint density at radius 2 is 2.07 bits per heavy atom. The van der Waals surface area contributed by atoms with Gasteiger partial charge in [0.2, 0.25) is 0 Å². The minimum atomic E-state index is -0.298. The van der Waals surface area contributed by atoms with Crippen molar-refractivity contribution in [3.63, 3.8) is 0 Å². The summed E-state index contributed by atoms with van der Waals surface area (Å²) < 4.78 is 17.1.